The van der Waals surface area contributed by atoms with Gasteiger partial charge in [0, 0.05) is 41.7 Å². The van der Waals surface area contributed by atoms with Crippen molar-refractivity contribution in [2.45, 2.75) is 81.9 Å². The van der Waals surface area contributed by atoms with Crippen LogP contribution in [0.25, 0.3) is 0 Å². The summed E-state index contributed by atoms with van der Waals surface area (Å²) in [5.74, 6) is 2.08. The van der Waals surface area contributed by atoms with Crippen molar-refractivity contribution in [3.8, 4) is 0 Å². The van der Waals surface area contributed by atoms with E-state index in [0.717, 1.165) is 60.7 Å². The summed E-state index contributed by atoms with van der Waals surface area (Å²) in [6.45, 7) is 10.1. The number of hydrogen-bond acceptors (Lipinski definition) is 5. The molecule has 3 atom stereocenters. The zero-order chi connectivity index (χ0) is 33.4. The van der Waals surface area contributed by atoms with Crippen molar-refractivity contribution in [3.05, 3.63) is 102 Å². The summed E-state index contributed by atoms with van der Waals surface area (Å²) in [5, 5.41) is 3.17. The van der Waals surface area contributed by atoms with Crippen molar-refractivity contribution in [2.75, 3.05) is 18.0 Å². The molecule has 0 radical (unpaired) electrons. The van der Waals surface area contributed by atoms with Crippen LogP contribution in [0.2, 0.25) is 0 Å². The monoisotopic (exact) mass is 653 g/mol. The Balaban J connectivity index is 1.10. The first-order chi connectivity index (χ1) is 22.4. The lowest BCUT2D eigenvalue weighted by molar-refractivity contribution is -0.121. The van der Waals surface area contributed by atoms with Gasteiger partial charge in [-0.15, -0.1) is 0 Å². The minimum absolute atomic E-state index is 0.0996. The molecular weight excluding hydrogens is 607 g/mol. The molecule has 2 unspecified atom stereocenters. The van der Waals surface area contributed by atoms with E-state index in [-0.39, 0.29) is 16.2 Å². The second-order valence-electron chi connectivity index (χ2n) is 14.5. The number of nitrogens with one attached hydrogen (secondary N) is 1. The molecular formula is C39H47N3O4S. The zero-order valence-electron chi connectivity index (χ0n) is 27.9. The highest BCUT2D eigenvalue weighted by Crippen LogP contribution is 2.49. The van der Waals surface area contributed by atoms with E-state index >= 15 is 0 Å². The number of nitrogens with zero attached hydrogens (tertiary/aromatic N) is 2. The van der Waals surface area contributed by atoms with Gasteiger partial charge in [-0.05, 0) is 91.0 Å². The number of carbonyl (C=O) groups excluding carboxylic acids is 1. The summed E-state index contributed by atoms with van der Waals surface area (Å²) >= 11 is 0. The van der Waals surface area contributed by atoms with Crippen LogP contribution >= 0.6 is 0 Å². The summed E-state index contributed by atoms with van der Waals surface area (Å²) in [6, 6.07) is 13.1. The van der Waals surface area contributed by atoms with Crippen LogP contribution in [0.4, 0.5) is 11.4 Å². The van der Waals surface area contributed by atoms with Crippen molar-refractivity contribution in [3.63, 3.8) is 0 Å². The van der Waals surface area contributed by atoms with Gasteiger partial charge in [0.05, 0.1) is 16.3 Å². The Kier molecular flexibility index (Phi) is 9.20. The lowest BCUT2D eigenvalue weighted by Gasteiger charge is -2.27. The highest BCUT2D eigenvalue weighted by molar-refractivity contribution is 7.85. The van der Waals surface area contributed by atoms with Crippen LogP contribution in [-0.4, -0.2) is 37.7 Å². The maximum atomic E-state index is 12.5. The van der Waals surface area contributed by atoms with Gasteiger partial charge in [0.15, 0.2) is 0 Å². The molecule has 2 aliphatic carbocycles. The molecule has 6 rings (SSSR count). The van der Waals surface area contributed by atoms with Crippen LogP contribution in [-0.2, 0) is 25.7 Å². The molecule has 8 heteroatoms. The maximum Gasteiger partial charge on any atom is 0.294 e. The number of allylic oxidation sites excluding steroid dienone is 8. The van der Waals surface area contributed by atoms with Gasteiger partial charge in [-0.25, -0.2) is 0 Å². The fourth-order valence-electron chi connectivity index (χ4n) is 7.86. The van der Waals surface area contributed by atoms with E-state index < -0.39 is 15.5 Å². The van der Waals surface area contributed by atoms with Crippen molar-refractivity contribution in [1.82, 2.24) is 5.32 Å². The third kappa shape index (κ3) is 6.81. The standard InChI is InChI=1S/C39H47N3O4S/c1-38(2)31-13-10-11-14-33(31)41-35(38)15-7-5-8-16-36-39(3,4)32-25-30(47(44,45)46)20-21-34(32)42(36)22-12-6-9-17-37(43)40-26-29-24-27-18-19-28(29)23-27/h5,7-8,10-11,13-16,18-21,25,27-29H,6,9,12,17,22-24,26H2,1-4H3,(H,40,43)(H,44,45,46)/b8-5+,15-7+,36-16+/t27?,28?,29-/m0/s1. The number of unbranched alkanes of at least 4 members (excludes halogenated alkanes) is 2. The van der Waals surface area contributed by atoms with Crippen LogP contribution in [0.3, 0.4) is 0 Å². The fourth-order valence-corrected chi connectivity index (χ4v) is 8.37. The van der Waals surface area contributed by atoms with E-state index in [4.69, 9.17) is 4.99 Å². The molecule has 1 amide bonds. The van der Waals surface area contributed by atoms with Crippen LogP contribution in [0.1, 0.15) is 77.3 Å². The van der Waals surface area contributed by atoms with Gasteiger partial charge in [-0.2, -0.15) is 8.42 Å². The van der Waals surface area contributed by atoms with Crippen molar-refractivity contribution >= 4 is 33.1 Å². The van der Waals surface area contributed by atoms with E-state index in [2.05, 4.69) is 74.3 Å². The van der Waals surface area contributed by atoms with Crippen molar-refractivity contribution < 1.29 is 17.8 Å². The van der Waals surface area contributed by atoms with Gasteiger partial charge in [0.25, 0.3) is 10.1 Å². The summed E-state index contributed by atoms with van der Waals surface area (Å²) < 4.78 is 33.7. The zero-order valence-corrected chi connectivity index (χ0v) is 28.8. The van der Waals surface area contributed by atoms with Crippen molar-refractivity contribution in [2.24, 2.45) is 22.7 Å². The molecule has 0 spiro atoms. The largest absolute Gasteiger partial charge is 0.356 e. The molecule has 2 aromatic rings. The minimum atomic E-state index is -4.33. The highest BCUT2D eigenvalue weighted by atomic mass is 32.2. The van der Waals surface area contributed by atoms with Gasteiger partial charge in [-0.1, -0.05) is 82.7 Å². The number of para-hydroxylation sites is 1. The third-order valence-electron chi connectivity index (χ3n) is 10.6. The van der Waals surface area contributed by atoms with Crippen LogP contribution < -0.4 is 10.2 Å². The Morgan fingerprint density at radius 2 is 1.79 bits per heavy atom. The first-order valence-corrected chi connectivity index (χ1v) is 18.4. The first-order valence-electron chi connectivity index (χ1n) is 16.9. The van der Waals surface area contributed by atoms with E-state index in [1.807, 2.05) is 30.4 Å². The molecule has 47 heavy (non-hydrogen) atoms. The predicted molar refractivity (Wildman–Crippen MR) is 190 cm³/mol. The second-order valence-corrected chi connectivity index (χ2v) is 15.9. The van der Waals surface area contributed by atoms with Crippen LogP contribution in [0.15, 0.2) is 101 Å². The van der Waals surface area contributed by atoms with Gasteiger partial charge in [0.1, 0.15) is 0 Å². The fraction of sp³-hybridized carbons (Fsp3) is 0.436. The minimum Gasteiger partial charge on any atom is -0.356 e. The summed E-state index contributed by atoms with van der Waals surface area (Å²) in [4.78, 5) is 19.5. The van der Waals surface area contributed by atoms with E-state index in [1.165, 1.54) is 24.5 Å². The lowest BCUT2D eigenvalue weighted by atomic mass is 9.81. The molecule has 0 saturated heterocycles. The molecule has 2 aromatic carbocycles. The molecule has 2 aliphatic heterocycles. The predicted octanol–water partition coefficient (Wildman–Crippen LogP) is 7.98. The number of rotatable bonds is 12. The molecule has 7 nitrogen and oxygen atoms in total. The summed E-state index contributed by atoms with van der Waals surface area (Å²) in [6.07, 6.45) is 20.4. The average Bonchev–Trinajstić information content (AvgIpc) is 3.76. The lowest BCUT2D eigenvalue weighted by Crippen LogP contribution is -2.30. The van der Waals surface area contributed by atoms with Crippen LogP contribution in [0, 0.1) is 17.8 Å². The summed E-state index contributed by atoms with van der Waals surface area (Å²) in [7, 11) is -4.33. The first kappa shape index (κ1) is 33.2. The number of carbonyl (C=O) groups is 1. The van der Waals surface area contributed by atoms with E-state index in [1.54, 1.807) is 12.1 Å². The van der Waals surface area contributed by atoms with Gasteiger partial charge in [-0.3, -0.25) is 14.3 Å². The summed E-state index contributed by atoms with van der Waals surface area (Å²) in [5.41, 5.74) is 5.45. The maximum absolute atomic E-state index is 12.5. The molecule has 1 saturated carbocycles. The Bertz CT molecular complexity index is 1800. The topological polar surface area (TPSA) is 99.1 Å². The number of hydrogen-bond donors (Lipinski definition) is 2. The Labute approximate surface area is 280 Å². The SMILES string of the molecule is CC1(C)C(/C=C/C=C/C=C2/N(CCCCCC(=O)NC[C@@H]3CC4C=CC3C4)c3ccc(S(=O)(=O)O)cc3C2(C)C)=Nc2ccccc21. The smallest absolute Gasteiger partial charge is 0.294 e. The number of benzene rings is 2. The molecule has 1 fully saturated rings. The molecule has 2 N–H and O–H groups in total. The number of anilines is 1. The van der Waals surface area contributed by atoms with Gasteiger partial charge in [0.2, 0.25) is 5.91 Å². The molecule has 2 heterocycles. The third-order valence-corrected chi connectivity index (χ3v) is 11.5. The van der Waals surface area contributed by atoms with Gasteiger partial charge >= 0.3 is 0 Å². The molecule has 248 valence electrons. The Hall–Kier alpha value is -3.75. The normalized spacial score (nSPS) is 24.4. The highest BCUT2D eigenvalue weighted by Gasteiger charge is 2.40. The number of amides is 1. The quantitative estimate of drug-likeness (QED) is 0.105. The van der Waals surface area contributed by atoms with Crippen molar-refractivity contribution in [1.29, 1.82) is 0 Å². The average molecular weight is 654 g/mol. The number of aliphatic imine (C=N–C) groups is 1. The van der Waals surface area contributed by atoms with E-state index in [9.17, 15) is 17.8 Å². The van der Waals surface area contributed by atoms with Crippen LogP contribution in [0.5, 0.6) is 0 Å². The van der Waals surface area contributed by atoms with Gasteiger partial charge < -0.3 is 10.2 Å². The van der Waals surface area contributed by atoms with E-state index in [0.29, 0.717) is 24.2 Å². The number of fused-ring (bicyclic) bond motifs is 4. The molecule has 0 aromatic heterocycles. The molecule has 4 aliphatic rings. The second kappa shape index (κ2) is 13.0. The Morgan fingerprint density at radius 1 is 0.979 bits per heavy atom. The Morgan fingerprint density at radius 3 is 2.51 bits per heavy atom. The molecule has 2 bridgehead atoms.